The fraction of sp³-hybridized carbons (Fsp3) is 0.0500. The van der Waals surface area contributed by atoms with Crippen LogP contribution in [0.1, 0.15) is 10.4 Å². The van der Waals surface area contributed by atoms with E-state index in [-0.39, 0.29) is 31.9 Å². The van der Waals surface area contributed by atoms with Crippen molar-refractivity contribution in [1.29, 1.82) is 0 Å². The molecule has 6 nitrogen and oxygen atoms in total. The van der Waals surface area contributed by atoms with E-state index in [0.717, 1.165) is 6.07 Å². The monoisotopic (exact) mass is 468 g/mol. The lowest BCUT2D eigenvalue weighted by atomic mass is 10.2. The van der Waals surface area contributed by atoms with E-state index in [2.05, 4.69) is 10.0 Å². The molecule has 0 aliphatic carbocycles. The SMILES string of the molecule is COc1c(Cl)cc(C(=O)Nc2ccc(S(=O)(=O)Nc3cccc(F)c3)cc2)cc1Cl. The van der Waals surface area contributed by atoms with Crippen molar-refractivity contribution in [3.05, 3.63) is 82.1 Å². The molecule has 0 unspecified atom stereocenters. The molecule has 30 heavy (non-hydrogen) atoms. The van der Waals surface area contributed by atoms with Crippen molar-refractivity contribution in [1.82, 2.24) is 0 Å². The number of rotatable bonds is 6. The van der Waals surface area contributed by atoms with Crippen LogP contribution in [0.25, 0.3) is 0 Å². The molecule has 0 heterocycles. The largest absolute Gasteiger partial charge is 0.494 e. The van der Waals surface area contributed by atoms with Crippen LogP contribution in [0.15, 0.2) is 65.6 Å². The van der Waals surface area contributed by atoms with E-state index in [1.807, 2.05) is 0 Å². The Kier molecular flexibility index (Phi) is 6.50. The van der Waals surface area contributed by atoms with Crippen molar-refractivity contribution in [3.8, 4) is 5.75 Å². The van der Waals surface area contributed by atoms with Gasteiger partial charge in [0, 0.05) is 11.3 Å². The van der Waals surface area contributed by atoms with Gasteiger partial charge in [-0.05, 0) is 54.6 Å². The Labute approximate surface area is 182 Å². The molecular formula is C20H15Cl2FN2O4S. The van der Waals surface area contributed by atoms with Crippen LogP contribution < -0.4 is 14.8 Å². The first-order valence-electron chi connectivity index (χ1n) is 8.42. The quantitative estimate of drug-likeness (QED) is 0.520. The Balaban J connectivity index is 1.75. The average molecular weight is 469 g/mol. The summed E-state index contributed by atoms with van der Waals surface area (Å²) >= 11 is 12.1. The molecule has 0 spiro atoms. The lowest BCUT2D eigenvalue weighted by Gasteiger charge is -2.11. The molecule has 0 fully saturated rings. The number of carbonyl (C=O) groups excluding carboxylic acids is 1. The summed E-state index contributed by atoms with van der Waals surface area (Å²) in [6.07, 6.45) is 0. The van der Waals surface area contributed by atoms with Crippen LogP contribution in [-0.4, -0.2) is 21.4 Å². The van der Waals surface area contributed by atoms with Crippen molar-refractivity contribution in [2.45, 2.75) is 4.90 Å². The Hall–Kier alpha value is -2.81. The summed E-state index contributed by atoms with van der Waals surface area (Å²) < 4.78 is 45.5. The normalized spacial score (nSPS) is 11.1. The van der Waals surface area contributed by atoms with E-state index < -0.39 is 21.7 Å². The third-order valence-electron chi connectivity index (χ3n) is 3.96. The molecule has 0 aromatic heterocycles. The number of sulfonamides is 1. The van der Waals surface area contributed by atoms with Crippen LogP contribution >= 0.6 is 23.2 Å². The van der Waals surface area contributed by atoms with Gasteiger partial charge in [0.15, 0.2) is 5.75 Å². The second kappa shape index (κ2) is 8.91. The summed E-state index contributed by atoms with van der Waals surface area (Å²) in [4.78, 5) is 12.4. The van der Waals surface area contributed by atoms with Crippen molar-refractivity contribution in [2.24, 2.45) is 0 Å². The Morgan fingerprint density at radius 1 is 0.967 bits per heavy atom. The maximum atomic E-state index is 13.3. The Morgan fingerprint density at radius 3 is 2.17 bits per heavy atom. The van der Waals surface area contributed by atoms with Crippen molar-refractivity contribution in [3.63, 3.8) is 0 Å². The first kappa shape index (κ1) is 21.9. The van der Waals surface area contributed by atoms with E-state index in [0.29, 0.717) is 5.69 Å². The highest BCUT2D eigenvalue weighted by molar-refractivity contribution is 7.92. The topological polar surface area (TPSA) is 84.5 Å². The van der Waals surface area contributed by atoms with Gasteiger partial charge in [0.25, 0.3) is 15.9 Å². The maximum absolute atomic E-state index is 13.3. The molecule has 3 aromatic carbocycles. The summed E-state index contributed by atoms with van der Waals surface area (Å²) in [5.41, 5.74) is 0.656. The minimum Gasteiger partial charge on any atom is -0.494 e. The predicted molar refractivity (Wildman–Crippen MR) is 115 cm³/mol. The fourth-order valence-electron chi connectivity index (χ4n) is 2.57. The number of hydrogen-bond donors (Lipinski definition) is 2. The molecule has 0 aliphatic heterocycles. The molecule has 2 N–H and O–H groups in total. The number of benzene rings is 3. The number of amides is 1. The van der Waals surface area contributed by atoms with Gasteiger partial charge in [0.2, 0.25) is 0 Å². The number of halogens is 3. The zero-order chi connectivity index (χ0) is 21.9. The summed E-state index contributed by atoms with van der Waals surface area (Å²) in [7, 11) is -2.52. The molecule has 0 saturated heterocycles. The first-order valence-corrected chi connectivity index (χ1v) is 10.7. The third-order valence-corrected chi connectivity index (χ3v) is 5.92. The molecule has 0 radical (unpaired) electrons. The molecule has 3 rings (SSSR count). The van der Waals surface area contributed by atoms with Gasteiger partial charge >= 0.3 is 0 Å². The maximum Gasteiger partial charge on any atom is 0.261 e. The Morgan fingerprint density at radius 2 is 1.60 bits per heavy atom. The van der Waals surface area contributed by atoms with Gasteiger partial charge in [-0.15, -0.1) is 0 Å². The predicted octanol–water partition coefficient (Wildman–Crippen LogP) is 5.19. The first-order chi connectivity index (χ1) is 14.2. The van der Waals surface area contributed by atoms with E-state index in [9.17, 15) is 17.6 Å². The molecule has 1 amide bonds. The van der Waals surface area contributed by atoms with Gasteiger partial charge in [-0.1, -0.05) is 29.3 Å². The lowest BCUT2D eigenvalue weighted by molar-refractivity contribution is 0.102. The minimum absolute atomic E-state index is 0.0553. The number of hydrogen-bond acceptors (Lipinski definition) is 4. The summed E-state index contributed by atoms with van der Waals surface area (Å²) in [6, 6.07) is 13.4. The number of ether oxygens (including phenoxy) is 1. The number of carbonyl (C=O) groups is 1. The molecule has 0 atom stereocenters. The van der Waals surface area contributed by atoms with E-state index in [4.69, 9.17) is 27.9 Å². The van der Waals surface area contributed by atoms with Crippen LogP contribution in [-0.2, 0) is 10.0 Å². The van der Waals surface area contributed by atoms with E-state index in [1.165, 1.54) is 61.7 Å². The van der Waals surface area contributed by atoms with Gasteiger partial charge in [-0.2, -0.15) is 0 Å². The average Bonchev–Trinajstić information content (AvgIpc) is 2.68. The fourth-order valence-corrected chi connectivity index (χ4v) is 4.26. The van der Waals surface area contributed by atoms with E-state index in [1.54, 1.807) is 0 Å². The molecule has 0 saturated carbocycles. The summed E-state index contributed by atoms with van der Waals surface area (Å²) in [6.45, 7) is 0. The van der Waals surface area contributed by atoms with Crippen LogP contribution in [0.2, 0.25) is 10.0 Å². The molecule has 0 bridgehead atoms. The standard InChI is InChI=1S/C20H15Cl2FN2O4S/c1-29-19-17(21)9-12(10-18(19)22)20(26)24-14-5-7-16(8-6-14)30(27,28)25-15-4-2-3-13(23)11-15/h2-11,25H,1H3,(H,24,26). The van der Waals surface area contributed by atoms with Gasteiger partial charge < -0.3 is 10.1 Å². The van der Waals surface area contributed by atoms with Crippen LogP contribution in [0, 0.1) is 5.82 Å². The molecule has 10 heteroatoms. The smallest absolute Gasteiger partial charge is 0.261 e. The summed E-state index contributed by atoms with van der Waals surface area (Å²) in [5.74, 6) is -0.794. The molecule has 156 valence electrons. The molecular weight excluding hydrogens is 454 g/mol. The van der Waals surface area contributed by atoms with Crippen molar-refractivity contribution >= 4 is 50.5 Å². The van der Waals surface area contributed by atoms with Crippen LogP contribution in [0.5, 0.6) is 5.75 Å². The number of anilines is 2. The minimum atomic E-state index is -3.92. The molecule has 0 aliphatic rings. The number of methoxy groups -OCH3 is 1. The van der Waals surface area contributed by atoms with Crippen LogP contribution in [0.4, 0.5) is 15.8 Å². The highest BCUT2D eigenvalue weighted by Crippen LogP contribution is 2.34. The lowest BCUT2D eigenvalue weighted by Crippen LogP contribution is -2.14. The van der Waals surface area contributed by atoms with Gasteiger partial charge in [-0.25, -0.2) is 12.8 Å². The Bertz CT molecular complexity index is 1180. The van der Waals surface area contributed by atoms with Gasteiger partial charge in [0.05, 0.1) is 27.7 Å². The third kappa shape index (κ3) is 5.02. The van der Waals surface area contributed by atoms with E-state index >= 15 is 0 Å². The summed E-state index contributed by atoms with van der Waals surface area (Å²) in [5, 5.41) is 2.99. The van der Waals surface area contributed by atoms with Gasteiger partial charge in [0.1, 0.15) is 5.82 Å². The van der Waals surface area contributed by atoms with Crippen LogP contribution in [0.3, 0.4) is 0 Å². The highest BCUT2D eigenvalue weighted by Gasteiger charge is 2.16. The van der Waals surface area contributed by atoms with Gasteiger partial charge in [-0.3, -0.25) is 9.52 Å². The second-order valence-corrected chi connectivity index (χ2v) is 8.56. The number of nitrogens with one attached hydrogen (secondary N) is 2. The van der Waals surface area contributed by atoms with Crippen molar-refractivity contribution < 1.29 is 22.3 Å². The zero-order valence-corrected chi connectivity index (χ0v) is 17.8. The second-order valence-electron chi connectivity index (χ2n) is 6.07. The highest BCUT2D eigenvalue weighted by atomic mass is 35.5. The zero-order valence-electron chi connectivity index (χ0n) is 15.4. The van der Waals surface area contributed by atoms with Crippen molar-refractivity contribution in [2.75, 3.05) is 17.1 Å². The molecule has 3 aromatic rings.